The van der Waals surface area contributed by atoms with Gasteiger partial charge in [0.2, 0.25) is 0 Å². The molecule has 0 bridgehead atoms. The lowest BCUT2D eigenvalue weighted by molar-refractivity contribution is -0.178. The average Bonchev–Trinajstić information content (AvgIpc) is 2.71. The summed E-state index contributed by atoms with van der Waals surface area (Å²) in [5.74, 6) is -1.57. The number of rotatable bonds is 3. The smallest absolute Gasteiger partial charge is 0.425 e. The van der Waals surface area contributed by atoms with Gasteiger partial charge in [-0.3, -0.25) is 14.4 Å². The van der Waals surface area contributed by atoms with Crippen LogP contribution in [0.1, 0.15) is 31.4 Å². The largest absolute Gasteiger partial charge is 0.534 e. The number of hydrogen-bond acceptors (Lipinski definition) is 5. The summed E-state index contributed by atoms with van der Waals surface area (Å²) in [7, 11) is 0. The van der Waals surface area contributed by atoms with Crippen LogP contribution in [-0.2, 0) is 19.2 Å². The van der Waals surface area contributed by atoms with E-state index in [1.54, 1.807) is 6.92 Å². The van der Waals surface area contributed by atoms with Gasteiger partial charge in [-0.1, -0.05) is 17.2 Å². The predicted octanol–water partition coefficient (Wildman–Crippen LogP) is 2.10. The molecule has 2 amide bonds. The number of ether oxygens (including phenoxy) is 1. The third kappa shape index (κ3) is 3.11. The summed E-state index contributed by atoms with van der Waals surface area (Å²) in [6.45, 7) is 1.56. The highest BCUT2D eigenvalue weighted by Crippen LogP contribution is 2.19. The minimum atomic E-state index is -1.16. The van der Waals surface area contributed by atoms with E-state index >= 15 is 0 Å². The van der Waals surface area contributed by atoms with Crippen LogP contribution >= 0.6 is 0 Å². The molecule has 7 heteroatoms. The number of imide groups is 1. The maximum Gasteiger partial charge on any atom is 0.534 e. The molecule has 0 N–H and O–H groups in total. The normalized spacial score (nSPS) is 16.2. The summed E-state index contributed by atoms with van der Waals surface area (Å²) in [6.07, 6.45) is -1.83. The summed E-state index contributed by atoms with van der Waals surface area (Å²) in [5, 5.41) is 0.402. The molecule has 1 saturated heterocycles. The molecule has 6 nitrogen and oxygen atoms in total. The zero-order valence-corrected chi connectivity index (χ0v) is 10.7. The van der Waals surface area contributed by atoms with Gasteiger partial charge in [-0.15, -0.1) is 0 Å². The first-order chi connectivity index (χ1) is 9.47. The van der Waals surface area contributed by atoms with E-state index in [0.717, 1.165) is 0 Å². The van der Waals surface area contributed by atoms with Gasteiger partial charge in [0.15, 0.2) is 0 Å². The first-order valence-electron chi connectivity index (χ1n) is 5.97. The van der Waals surface area contributed by atoms with E-state index in [1.165, 1.54) is 24.3 Å². The number of carbonyl (C=O) groups is 3. The molecule has 1 aliphatic heterocycles. The first-order valence-corrected chi connectivity index (χ1v) is 5.97. The van der Waals surface area contributed by atoms with Crippen molar-refractivity contribution >= 4 is 18.0 Å². The topological polar surface area (TPSA) is 72.9 Å². The molecule has 1 aliphatic rings. The Morgan fingerprint density at radius 3 is 2.30 bits per heavy atom. The Labute approximate surface area is 114 Å². The molecule has 1 fully saturated rings. The van der Waals surface area contributed by atoms with Crippen LogP contribution in [0.3, 0.4) is 0 Å². The maximum atomic E-state index is 12.8. The summed E-state index contributed by atoms with van der Waals surface area (Å²) < 4.78 is 17.7. The van der Waals surface area contributed by atoms with Crippen LogP contribution in [0, 0.1) is 5.82 Å². The molecular weight excluding hydrogens is 269 g/mol. The van der Waals surface area contributed by atoms with E-state index in [1.807, 2.05) is 0 Å². The third-order valence-corrected chi connectivity index (χ3v) is 2.78. The average molecular weight is 281 g/mol. The van der Waals surface area contributed by atoms with Crippen molar-refractivity contribution in [1.29, 1.82) is 0 Å². The molecule has 0 spiro atoms. The third-order valence-electron chi connectivity index (χ3n) is 2.78. The fourth-order valence-corrected chi connectivity index (χ4v) is 1.70. The van der Waals surface area contributed by atoms with Crippen molar-refractivity contribution in [2.45, 2.75) is 25.9 Å². The zero-order chi connectivity index (χ0) is 14.7. The number of carbonyl (C=O) groups excluding carboxylic acids is 3. The van der Waals surface area contributed by atoms with Crippen LogP contribution in [0.5, 0.6) is 0 Å². The second kappa shape index (κ2) is 5.68. The number of halogens is 1. The zero-order valence-electron chi connectivity index (χ0n) is 10.7. The van der Waals surface area contributed by atoms with Gasteiger partial charge in [0.05, 0.1) is 0 Å². The molecule has 2 rings (SSSR count). The molecule has 0 aliphatic carbocycles. The molecule has 1 aromatic rings. The van der Waals surface area contributed by atoms with Gasteiger partial charge in [0.1, 0.15) is 11.9 Å². The van der Waals surface area contributed by atoms with E-state index in [2.05, 4.69) is 4.84 Å². The summed E-state index contributed by atoms with van der Waals surface area (Å²) >= 11 is 0. The molecule has 0 saturated carbocycles. The lowest BCUT2D eigenvalue weighted by Crippen LogP contribution is -2.32. The highest BCUT2D eigenvalue weighted by molar-refractivity contribution is 6.01. The number of hydroxylamine groups is 2. The van der Waals surface area contributed by atoms with Gasteiger partial charge in [0, 0.05) is 12.8 Å². The van der Waals surface area contributed by atoms with Crippen LogP contribution in [0.2, 0.25) is 0 Å². The first kappa shape index (κ1) is 14.0. The molecule has 20 heavy (non-hydrogen) atoms. The molecule has 1 unspecified atom stereocenters. The van der Waals surface area contributed by atoms with Crippen molar-refractivity contribution < 1.29 is 28.3 Å². The standard InChI is InChI=1S/C13H12FNO5/c1-8(9-2-4-10(14)5-3-9)19-13(18)20-15-11(16)6-7-12(15)17/h2-5,8H,6-7H2,1H3. The van der Waals surface area contributed by atoms with Crippen LogP contribution in [0.15, 0.2) is 24.3 Å². The van der Waals surface area contributed by atoms with E-state index < -0.39 is 29.9 Å². The highest BCUT2D eigenvalue weighted by atomic mass is 19.1. The van der Waals surface area contributed by atoms with Crippen molar-refractivity contribution in [3.63, 3.8) is 0 Å². The highest BCUT2D eigenvalue weighted by Gasteiger charge is 2.33. The van der Waals surface area contributed by atoms with Gasteiger partial charge < -0.3 is 4.74 Å². The van der Waals surface area contributed by atoms with E-state index in [-0.39, 0.29) is 12.8 Å². The molecule has 1 atom stereocenters. The van der Waals surface area contributed by atoms with E-state index in [9.17, 15) is 18.8 Å². The number of benzene rings is 1. The fraction of sp³-hybridized carbons (Fsp3) is 0.308. The van der Waals surface area contributed by atoms with Crippen molar-refractivity contribution in [2.75, 3.05) is 0 Å². The van der Waals surface area contributed by atoms with Crippen molar-refractivity contribution in [3.8, 4) is 0 Å². The van der Waals surface area contributed by atoms with Crippen LogP contribution < -0.4 is 0 Å². The van der Waals surface area contributed by atoms with Gasteiger partial charge in [-0.05, 0) is 24.6 Å². The quantitative estimate of drug-likeness (QED) is 0.626. The Hall–Kier alpha value is -2.44. The number of hydrogen-bond donors (Lipinski definition) is 0. The molecule has 1 aromatic carbocycles. The van der Waals surface area contributed by atoms with Gasteiger partial charge in [0.25, 0.3) is 11.8 Å². The fourth-order valence-electron chi connectivity index (χ4n) is 1.70. The Morgan fingerprint density at radius 1 is 1.20 bits per heavy atom. The lowest BCUT2D eigenvalue weighted by atomic mass is 10.1. The number of nitrogens with zero attached hydrogens (tertiary/aromatic N) is 1. The van der Waals surface area contributed by atoms with Crippen molar-refractivity contribution in [1.82, 2.24) is 5.06 Å². The second-order valence-corrected chi connectivity index (χ2v) is 4.23. The van der Waals surface area contributed by atoms with Gasteiger partial charge in [-0.2, -0.15) is 0 Å². The Morgan fingerprint density at radius 2 is 1.75 bits per heavy atom. The second-order valence-electron chi connectivity index (χ2n) is 4.23. The Kier molecular flexibility index (Phi) is 3.97. The molecule has 1 heterocycles. The minimum absolute atomic E-state index is 0.0135. The van der Waals surface area contributed by atoms with Crippen LogP contribution in [0.25, 0.3) is 0 Å². The Bertz CT molecular complexity index is 526. The monoisotopic (exact) mass is 281 g/mol. The van der Waals surface area contributed by atoms with E-state index in [0.29, 0.717) is 10.6 Å². The van der Waals surface area contributed by atoms with Crippen molar-refractivity contribution in [3.05, 3.63) is 35.6 Å². The SMILES string of the molecule is CC(OC(=O)ON1C(=O)CCC1=O)c1ccc(F)cc1. The van der Waals surface area contributed by atoms with Crippen LogP contribution in [-0.4, -0.2) is 23.0 Å². The number of amides is 2. The summed E-state index contributed by atoms with van der Waals surface area (Å²) in [6, 6.07) is 5.38. The van der Waals surface area contributed by atoms with E-state index in [4.69, 9.17) is 4.74 Å². The van der Waals surface area contributed by atoms with Crippen LogP contribution in [0.4, 0.5) is 9.18 Å². The predicted molar refractivity (Wildman–Crippen MR) is 63.5 cm³/mol. The molecule has 106 valence electrons. The minimum Gasteiger partial charge on any atom is -0.425 e. The molecule has 0 radical (unpaired) electrons. The lowest BCUT2D eigenvalue weighted by Gasteiger charge is -2.16. The van der Waals surface area contributed by atoms with Gasteiger partial charge in [-0.25, -0.2) is 9.18 Å². The summed E-state index contributed by atoms with van der Waals surface area (Å²) in [5.41, 5.74) is 0.558. The Balaban J connectivity index is 1.92. The molecular formula is C13H12FNO5. The van der Waals surface area contributed by atoms with Crippen molar-refractivity contribution in [2.24, 2.45) is 0 Å². The molecule has 0 aromatic heterocycles. The summed E-state index contributed by atoms with van der Waals surface area (Å²) in [4.78, 5) is 38.5. The maximum absolute atomic E-state index is 12.8. The van der Waals surface area contributed by atoms with Gasteiger partial charge >= 0.3 is 6.16 Å².